The highest BCUT2D eigenvalue weighted by Gasteiger charge is 1.95. The molecule has 0 N–H and O–H groups in total. The number of nitriles is 4. The fourth-order valence-corrected chi connectivity index (χ4v) is 1.30. The molecule has 0 aromatic heterocycles. The Balaban J connectivity index is 0.000000200. The maximum Gasteiger partial charge on any atom is 0.101 e. The predicted molar refractivity (Wildman–Crippen MR) is 71.7 cm³/mol. The van der Waals surface area contributed by atoms with Crippen molar-refractivity contribution in [2.75, 3.05) is 0 Å². The Morgan fingerprint density at radius 3 is 1.10 bits per heavy atom. The Hall–Kier alpha value is -3.60. The molecule has 2 aromatic carbocycles. The van der Waals surface area contributed by atoms with Crippen LogP contribution in [0.5, 0.6) is 0 Å². The molecule has 2 aromatic rings. The average Bonchev–Trinajstić information content (AvgIpc) is 2.55. The highest BCUT2D eigenvalue weighted by Crippen LogP contribution is 2.04. The Bertz CT molecular complexity index is 681. The van der Waals surface area contributed by atoms with E-state index in [1.807, 2.05) is 24.3 Å². The molecule has 2 rings (SSSR count). The van der Waals surface area contributed by atoms with Crippen molar-refractivity contribution in [1.82, 2.24) is 0 Å². The minimum atomic E-state index is 0.435. The second-order valence-electron chi connectivity index (χ2n) is 3.57. The first-order valence-electron chi connectivity index (χ1n) is 5.54. The van der Waals surface area contributed by atoms with Crippen LogP contribution in [0.1, 0.15) is 22.3 Å². The van der Waals surface area contributed by atoms with Crippen LogP contribution in [0.3, 0.4) is 0 Å². The minimum Gasteiger partial charge on any atom is -0.192 e. The molecule has 0 aliphatic carbocycles. The van der Waals surface area contributed by atoms with Gasteiger partial charge in [0, 0.05) is 0 Å². The summed E-state index contributed by atoms with van der Waals surface area (Å²) in [6.45, 7) is 0. The second-order valence-corrected chi connectivity index (χ2v) is 3.57. The smallest absolute Gasteiger partial charge is 0.101 e. The maximum atomic E-state index is 8.45. The Labute approximate surface area is 117 Å². The summed E-state index contributed by atoms with van der Waals surface area (Å²) in [6.07, 6.45) is 0. The van der Waals surface area contributed by atoms with E-state index in [2.05, 4.69) is 0 Å². The molecule has 92 valence electrons. The largest absolute Gasteiger partial charge is 0.192 e. The van der Waals surface area contributed by atoms with Crippen LogP contribution in [0, 0.1) is 45.3 Å². The summed E-state index contributed by atoms with van der Waals surface area (Å²) < 4.78 is 0. The van der Waals surface area contributed by atoms with E-state index in [0.29, 0.717) is 22.3 Å². The van der Waals surface area contributed by atoms with Crippen LogP contribution in [0.4, 0.5) is 0 Å². The lowest BCUT2D eigenvalue weighted by Crippen LogP contribution is -1.79. The van der Waals surface area contributed by atoms with Gasteiger partial charge in [-0.3, -0.25) is 0 Å². The van der Waals surface area contributed by atoms with Crippen LogP contribution in [0.2, 0.25) is 0 Å². The first kappa shape index (κ1) is 14.5. The van der Waals surface area contributed by atoms with Crippen molar-refractivity contribution in [3.05, 3.63) is 70.8 Å². The SMILES string of the molecule is N#Cc1ccc(C#N)cc1.N#Cc1ccccc1C#N. The van der Waals surface area contributed by atoms with Crippen molar-refractivity contribution in [1.29, 1.82) is 21.0 Å². The summed E-state index contributed by atoms with van der Waals surface area (Å²) in [5.74, 6) is 0. The quantitative estimate of drug-likeness (QED) is 0.724. The summed E-state index contributed by atoms with van der Waals surface area (Å²) in [4.78, 5) is 0. The number of benzene rings is 2. The van der Waals surface area contributed by atoms with Crippen molar-refractivity contribution < 1.29 is 0 Å². The van der Waals surface area contributed by atoms with E-state index in [1.54, 1.807) is 48.5 Å². The summed E-state index contributed by atoms with van der Waals surface area (Å²) in [5, 5.41) is 33.6. The van der Waals surface area contributed by atoms with Crippen molar-refractivity contribution in [3.8, 4) is 24.3 Å². The Kier molecular flexibility index (Phi) is 5.55. The van der Waals surface area contributed by atoms with E-state index in [4.69, 9.17) is 21.0 Å². The monoisotopic (exact) mass is 256 g/mol. The van der Waals surface area contributed by atoms with Crippen molar-refractivity contribution >= 4 is 0 Å². The van der Waals surface area contributed by atoms with E-state index in [-0.39, 0.29) is 0 Å². The highest BCUT2D eigenvalue weighted by molar-refractivity contribution is 5.44. The topological polar surface area (TPSA) is 95.2 Å². The third kappa shape index (κ3) is 4.01. The molecule has 0 heterocycles. The average molecular weight is 256 g/mol. The fourth-order valence-electron chi connectivity index (χ4n) is 1.30. The molecular formula is C16H8N4. The van der Waals surface area contributed by atoms with Crippen LogP contribution in [0.25, 0.3) is 0 Å². The van der Waals surface area contributed by atoms with Gasteiger partial charge in [-0.2, -0.15) is 21.0 Å². The number of rotatable bonds is 0. The minimum absolute atomic E-state index is 0.435. The van der Waals surface area contributed by atoms with Gasteiger partial charge in [0.1, 0.15) is 12.1 Å². The lowest BCUT2D eigenvalue weighted by atomic mass is 10.1. The van der Waals surface area contributed by atoms with Crippen LogP contribution in [-0.2, 0) is 0 Å². The molecule has 4 heteroatoms. The molecule has 0 unspecified atom stereocenters. The molecular weight excluding hydrogens is 248 g/mol. The lowest BCUT2D eigenvalue weighted by Gasteiger charge is -1.88. The van der Waals surface area contributed by atoms with Crippen molar-refractivity contribution in [3.63, 3.8) is 0 Å². The third-order valence-corrected chi connectivity index (χ3v) is 2.31. The number of nitrogens with zero attached hydrogens (tertiary/aromatic N) is 4. The van der Waals surface area contributed by atoms with Gasteiger partial charge in [0.15, 0.2) is 0 Å². The molecule has 4 nitrogen and oxygen atoms in total. The second kappa shape index (κ2) is 7.67. The van der Waals surface area contributed by atoms with Crippen molar-refractivity contribution in [2.24, 2.45) is 0 Å². The molecule has 0 aliphatic heterocycles. The predicted octanol–water partition coefficient (Wildman–Crippen LogP) is 2.86. The van der Waals surface area contributed by atoms with Gasteiger partial charge in [0.05, 0.1) is 34.4 Å². The van der Waals surface area contributed by atoms with Crippen molar-refractivity contribution in [2.45, 2.75) is 0 Å². The molecule has 0 bridgehead atoms. The zero-order valence-corrected chi connectivity index (χ0v) is 10.4. The molecule has 20 heavy (non-hydrogen) atoms. The first-order chi connectivity index (χ1) is 9.74. The van der Waals surface area contributed by atoms with E-state index in [9.17, 15) is 0 Å². The Morgan fingerprint density at radius 1 is 0.500 bits per heavy atom. The zero-order chi connectivity index (χ0) is 14.8. The molecule has 0 amide bonds. The van der Waals surface area contributed by atoms with Gasteiger partial charge in [-0.05, 0) is 36.4 Å². The fraction of sp³-hybridized carbons (Fsp3) is 0. The number of hydrogen-bond donors (Lipinski definition) is 0. The van der Waals surface area contributed by atoms with E-state index >= 15 is 0 Å². The Morgan fingerprint density at radius 2 is 0.850 bits per heavy atom. The van der Waals surface area contributed by atoms with Gasteiger partial charge < -0.3 is 0 Å². The van der Waals surface area contributed by atoms with Gasteiger partial charge in [0.25, 0.3) is 0 Å². The summed E-state index contributed by atoms with van der Waals surface area (Å²) in [7, 11) is 0. The molecule has 0 spiro atoms. The van der Waals surface area contributed by atoms with Gasteiger partial charge in [-0.1, -0.05) is 12.1 Å². The van der Waals surface area contributed by atoms with Gasteiger partial charge >= 0.3 is 0 Å². The summed E-state index contributed by atoms with van der Waals surface area (Å²) in [5.41, 5.74) is 2.04. The normalized spacial score (nSPS) is 7.80. The van der Waals surface area contributed by atoms with E-state index < -0.39 is 0 Å². The van der Waals surface area contributed by atoms with Crippen LogP contribution >= 0.6 is 0 Å². The van der Waals surface area contributed by atoms with Crippen LogP contribution in [0.15, 0.2) is 48.5 Å². The summed E-state index contributed by atoms with van der Waals surface area (Å²) >= 11 is 0. The molecule has 0 fully saturated rings. The molecule has 0 radical (unpaired) electrons. The first-order valence-corrected chi connectivity index (χ1v) is 5.54. The zero-order valence-electron chi connectivity index (χ0n) is 10.4. The van der Waals surface area contributed by atoms with Gasteiger partial charge in [-0.15, -0.1) is 0 Å². The molecule has 0 saturated heterocycles. The lowest BCUT2D eigenvalue weighted by molar-refractivity contribution is 1.43. The van der Waals surface area contributed by atoms with Crippen LogP contribution in [-0.4, -0.2) is 0 Å². The molecule has 0 atom stereocenters. The molecule has 0 aliphatic rings. The number of hydrogen-bond acceptors (Lipinski definition) is 4. The highest BCUT2D eigenvalue weighted by atomic mass is 14.3. The summed E-state index contributed by atoms with van der Waals surface area (Å²) in [6, 6.07) is 21.0. The van der Waals surface area contributed by atoms with Gasteiger partial charge in [0.2, 0.25) is 0 Å². The van der Waals surface area contributed by atoms with Gasteiger partial charge in [-0.25, -0.2) is 0 Å². The third-order valence-electron chi connectivity index (χ3n) is 2.31. The van der Waals surface area contributed by atoms with Crippen LogP contribution < -0.4 is 0 Å². The maximum absolute atomic E-state index is 8.45. The van der Waals surface area contributed by atoms with E-state index in [1.165, 1.54) is 0 Å². The van der Waals surface area contributed by atoms with E-state index in [0.717, 1.165) is 0 Å². The molecule has 0 saturated carbocycles. The standard InChI is InChI=1S/2C8H4N2/c9-5-7-1-2-8(6-10)4-3-7;9-5-7-3-1-2-4-8(7)6-10/h2*1-4H.